The number of carbonyl (C=O) groups is 2. The molecule has 2 aromatic rings. The van der Waals surface area contributed by atoms with Crippen LogP contribution in [0.1, 0.15) is 38.9 Å². The third-order valence-electron chi connectivity index (χ3n) is 3.67. The van der Waals surface area contributed by atoms with Gasteiger partial charge < -0.3 is 18.9 Å². The summed E-state index contributed by atoms with van der Waals surface area (Å²) in [4.78, 5) is 24.7. The Morgan fingerprint density at radius 3 is 2.54 bits per heavy atom. The smallest absolute Gasteiger partial charge is 0.339 e. The molecule has 2 rings (SSSR count). The highest BCUT2D eigenvalue weighted by atomic mass is 32.2. The first kappa shape index (κ1) is 18.1. The summed E-state index contributed by atoms with van der Waals surface area (Å²) in [7, 11) is 1.66. The fraction of sp³-hybridized carbons (Fsp3) is 0.438. The number of aromatic nitrogens is 1. The van der Waals surface area contributed by atoms with Crippen LogP contribution >= 0.6 is 11.8 Å². The Morgan fingerprint density at radius 1 is 1.29 bits per heavy atom. The molecule has 130 valence electrons. The Kier molecular flexibility index (Phi) is 5.71. The van der Waals surface area contributed by atoms with Gasteiger partial charge in [-0.1, -0.05) is 5.16 Å². The largest absolute Gasteiger partial charge is 0.478 e. The molecule has 1 amide bonds. The zero-order valence-corrected chi connectivity index (χ0v) is 14.9. The first-order chi connectivity index (χ1) is 11.3. The van der Waals surface area contributed by atoms with Gasteiger partial charge in [-0.2, -0.15) is 0 Å². The Morgan fingerprint density at radius 2 is 2.00 bits per heavy atom. The second kappa shape index (κ2) is 7.57. The van der Waals surface area contributed by atoms with Crippen molar-refractivity contribution in [2.75, 3.05) is 12.8 Å². The lowest BCUT2D eigenvalue weighted by Gasteiger charge is -2.15. The first-order valence-corrected chi connectivity index (χ1v) is 8.51. The van der Waals surface area contributed by atoms with Crippen molar-refractivity contribution >= 4 is 23.6 Å². The van der Waals surface area contributed by atoms with Gasteiger partial charge in [-0.3, -0.25) is 4.79 Å². The topological polar surface area (TPSA) is 96.8 Å². The Bertz CT molecular complexity index is 730. The van der Waals surface area contributed by atoms with E-state index in [1.165, 1.54) is 22.7 Å². The monoisotopic (exact) mass is 352 g/mol. The number of carboxylic acid groups (broad SMARTS) is 1. The molecule has 0 aliphatic carbocycles. The summed E-state index contributed by atoms with van der Waals surface area (Å²) in [6.45, 7) is 5.55. The average molecular weight is 352 g/mol. The molecule has 8 heteroatoms. The molecule has 0 spiro atoms. The molecule has 7 nitrogen and oxygen atoms in total. The number of amides is 1. The first-order valence-electron chi connectivity index (χ1n) is 7.35. The van der Waals surface area contributed by atoms with Gasteiger partial charge in [0, 0.05) is 18.4 Å². The molecule has 2 aromatic heterocycles. The lowest BCUT2D eigenvalue weighted by atomic mass is 10.2. The summed E-state index contributed by atoms with van der Waals surface area (Å²) in [5, 5.41) is 12.9. The molecule has 2 heterocycles. The highest BCUT2D eigenvalue weighted by molar-refractivity contribution is 7.99. The molecule has 0 aromatic carbocycles. The van der Waals surface area contributed by atoms with E-state index in [-0.39, 0.29) is 18.0 Å². The summed E-state index contributed by atoms with van der Waals surface area (Å²) in [6.07, 6.45) is 0. The molecule has 1 N–H and O–H groups in total. The number of rotatable bonds is 7. The minimum atomic E-state index is -1.04. The fourth-order valence-corrected chi connectivity index (χ4v) is 3.33. The van der Waals surface area contributed by atoms with Crippen molar-refractivity contribution in [1.29, 1.82) is 0 Å². The van der Waals surface area contributed by atoms with E-state index in [0.29, 0.717) is 23.0 Å². The van der Waals surface area contributed by atoms with Crippen molar-refractivity contribution in [3.63, 3.8) is 0 Å². The second-order valence-electron chi connectivity index (χ2n) is 5.53. The van der Waals surface area contributed by atoms with Crippen LogP contribution in [-0.4, -0.2) is 39.8 Å². The van der Waals surface area contributed by atoms with Gasteiger partial charge >= 0.3 is 5.97 Å². The summed E-state index contributed by atoms with van der Waals surface area (Å²) >= 11 is 1.48. The van der Waals surface area contributed by atoms with Gasteiger partial charge in [-0.05, 0) is 26.8 Å². The molecular weight excluding hydrogens is 332 g/mol. The lowest BCUT2D eigenvalue weighted by molar-refractivity contribution is -0.127. The molecule has 0 aliphatic heterocycles. The standard InChI is InChI=1S/C16H20N2O5S/c1-9-14(11(3)23-17-9)7-24-8-15(19)18(4)6-12-5-13(16(20)21)10(2)22-12/h5H,6-8H2,1-4H3,(H,20,21). The highest BCUT2D eigenvalue weighted by Crippen LogP contribution is 2.20. The van der Waals surface area contributed by atoms with E-state index in [2.05, 4.69) is 5.16 Å². The van der Waals surface area contributed by atoms with E-state index in [9.17, 15) is 9.59 Å². The SMILES string of the molecule is Cc1noc(C)c1CSCC(=O)N(C)Cc1cc(C(=O)O)c(C)o1. The van der Waals surface area contributed by atoms with Crippen molar-refractivity contribution in [1.82, 2.24) is 10.1 Å². The molecule has 0 radical (unpaired) electrons. The van der Waals surface area contributed by atoms with E-state index in [0.717, 1.165) is 17.0 Å². The molecule has 0 saturated heterocycles. The second-order valence-corrected chi connectivity index (χ2v) is 6.52. The van der Waals surface area contributed by atoms with Crippen molar-refractivity contribution in [2.45, 2.75) is 33.1 Å². The minimum Gasteiger partial charge on any atom is -0.478 e. The zero-order valence-electron chi connectivity index (χ0n) is 14.1. The van der Waals surface area contributed by atoms with E-state index in [1.54, 1.807) is 14.0 Å². The van der Waals surface area contributed by atoms with Gasteiger partial charge in [-0.25, -0.2) is 4.79 Å². The number of aromatic carboxylic acids is 1. The molecule has 0 atom stereocenters. The quantitative estimate of drug-likeness (QED) is 0.818. The van der Waals surface area contributed by atoms with Crippen LogP contribution in [0.5, 0.6) is 0 Å². The van der Waals surface area contributed by atoms with Crippen LogP contribution in [0, 0.1) is 20.8 Å². The molecule has 0 unspecified atom stereocenters. The number of thioether (sulfide) groups is 1. The number of nitrogens with zero attached hydrogens (tertiary/aromatic N) is 2. The molecule has 0 fully saturated rings. The minimum absolute atomic E-state index is 0.0577. The molecule has 0 saturated carbocycles. The lowest BCUT2D eigenvalue weighted by Crippen LogP contribution is -2.27. The van der Waals surface area contributed by atoms with Gasteiger partial charge in [0.1, 0.15) is 22.8 Å². The van der Waals surface area contributed by atoms with Crippen molar-refractivity contribution in [3.8, 4) is 0 Å². The predicted molar refractivity (Wildman–Crippen MR) is 89.0 cm³/mol. The van der Waals surface area contributed by atoms with E-state index >= 15 is 0 Å². The van der Waals surface area contributed by atoms with Crippen LogP contribution in [0.25, 0.3) is 0 Å². The van der Waals surface area contributed by atoms with Crippen LogP contribution in [0.2, 0.25) is 0 Å². The van der Waals surface area contributed by atoms with Crippen LogP contribution in [0.3, 0.4) is 0 Å². The van der Waals surface area contributed by atoms with Gasteiger partial charge in [0.2, 0.25) is 5.91 Å². The molecule has 0 aliphatic rings. The van der Waals surface area contributed by atoms with Gasteiger partial charge in [-0.15, -0.1) is 11.8 Å². The van der Waals surface area contributed by atoms with Crippen LogP contribution in [0.4, 0.5) is 0 Å². The number of hydrogen-bond donors (Lipinski definition) is 1. The summed E-state index contributed by atoms with van der Waals surface area (Å²) in [6, 6.07) is 1.46. The summed E-state index contributed by atoms with van der Waals surface area (Å²) in [5.74, 6) is 1.44. The third-order valence-corrected chi connectivity index (χ3v) is 4.62. The molecule has 0 bridgehead atoms. The van der Waals surface area contributed by atoms with Crippen LogP contribution < -0.4 is 0 Å². The van der Waals surface area contributed by atoms with Gasteiger partial charge in [0.25, 0.3) is 0 Å². The fourth-order valence-electron chi connectivity index (χ4n) is 2.21. The van der Waals surface area contributed by atoms with Crippen LogP contribution in [-0.2, 0) is 17.1 Å². The van der Waals surface area contributed by atoms with Gasteiger partial charge in [0.15, 0.2) is 0 Å². The average Bonchev–Trinajstić information content (AvgIpc) is 3.03. The maximum atomic E-state index is 12.2. The maximum absolute atomic E-state index is 12.2. The Labute approximate surface area is 144 Å². The predicted octanol–water partition coefficient (Wildman–Crippen LogP) is 2.78. The molecule has 24 heavy (non-hydrogen) atoms. The van der Waals surface area contributed by atoms with E-state index in [4.69, 9.17) is 14.0 Å². The Hall–Kier alpha value is -2.22. The van der Waals surface area contributed by atoms with E-state index in [1.807, 2.05) is 13.8 Å². The highest BCUT2D eigenvalue weighted by Gasteiger charge is 2.17. The number of hydrogen-bond acceptors (Lipinski definition) is 6. The van der Waals surface area contributed by atoms with Crippen LogP contribution in [0.15, 0.2) is 15.0 Å². The van der Waals surface area contributed by atoms with Crippen molar-refractivity contribution in [3.05, 3.63) is 40.2 Å². The number of carbonyl (C=O) groups excluding carboxylic acids is 1. The Balaban J connectivity index is 1.86. The normalized spacial score (nSPS) is 10.8. The maximum Gasteiger partial charge on any atom is 0.339 e. The molecular formula is C16H20N2O5S. The zero-order chi connectivity index (χ0) is 17.9. The summed E-state index contributed by atoms with van der Waals surface area (Å²) < 4.78 is 10.5. The van der Waals surface area contributed by atoms with E-state index < -0.39 is 5.97 Å². The van der Waals surface area contributed by atoms with Gasteiger partial charge in [0.05, 0.1) is 18.0 Å². The number of carboxylic acids is 1. The third kappa shape index (κ3) is 4.19. The van der Waals surface area contributed by atoms with Crippen molar-refractivity contribution in [2.24, 2.45) is 0 Å². The number of aryl methyl sites for hydroxylation is 3. The van der Waals surface area contributed by atoms with Crippen molar-refractivity contribution < 1.29 is 23.6 Å². The number of furan rings is 1. The summed E-state index contributed by atoms with van der Waals surface area (Å²) in [5.41, 5.74) is 1.98.